The molecule has 0 fully saturated rings. The highest BCUT2D eigenvalue weighted by molar-refractivity contribution is 5.92. The molecule has 0 saturated heterocycles. The molecule has 2 aromatic rings. The molecule has 1 N–H and O–H groups in total. The topological polar surface area (TPSA) is 73.9 Å². The predicted octanol–water partition coefficient (Wildman–Crippen LogP) is 3.21. The molecule has 0 unspecified atom stereocenters. The third-order valence-corrected chi connectivity index (χ3v) is 3.50. The third-order valence-electron chi connectivity index (χ3n) is 3.50. The van der Waals surface area contributed by atoms with Crippen molar-refractivity contribution in [3.63, 3.8) is 0 Å². The third kappa shape index (κ3) is 6.12. The van der Waals surface area contributed by atoms with Gasteiger partial charge in [-0.1, -0.05) is 31.2 Å². The van der Waals surface area contributed by atoms with Crippen LogP contribution in [0.3, 0.4) is 0 Å². The molecule has 0 saturated carbocycles. The second-order valence-corrected chi connectivity index (χ2v) is 5.43. The summed E-state index contributed by atoms with van der Waals surface area (Å²) >= 11 is 0. The highest BCUT2D eigenvalue weighted by atomic mass is 16.6. The molecule has 2 rings (SSSR count). The molecule has 0 aromatic heterocycles. The lowest BCUT2D eigenvalue weighted by Crippen LogP contribution is -2.23. The van der Waals surface area contributed by atoms with Crippen molar-refractivity contribution in [2.75, 3.05) is 25.1 Å². The lowest BCUT2D eigenvalue weighted by molar-refractivity contribution is -0.149. The number of rotatable bonds is 9. The molecular formula is C20H23NO5. The zero-order valence-electron chi connectivity index (χ0n) is 15.0. The van der Waals surface area contributed by atoms with Gasteiger partial charge in [-0.15, -0.1) is 0 Å². The molecule has 2 aromatic carbocycles. The van der Waals surface area contributed by atoms with E-state index in [0.29, 0.717) is 23.8 Å². The normalized spacial score (nSPS) is 10.1. The molecule has 138 valence electrons. The summed E-state index contributed by atoms with van der Waals surface area (Å²) in [5.41, 5.74) is 1.84. The van der Waals surface area contributed by atoms with Crippen LogP contribution in [0.25, 0.3) is 0 Å². The molecule has 0 radical (unpaired) electrons. The largest absolute Gasteiger partial charge is 0.490 e. The summed E-state index contributed by atoms with van der Waals surface area (Å²) in [4.78, 5) is 23.6. The Kier molecular flexibility index (Phi) is 7.49. The standard InChI is InChI=1S/C20H23NO5/c1-3-15-9-11-16(12-10-15)21-19(22)13-26-20(23)14-25-18-8-6-5-7-17(18)24-4-2/h5-12H,3-4,13-14H2,1-2H3,(H,21,22). The second kappa shape index (κ2) is 10.1. The lowest BCUT2D eigenvalue weighted by Gasteiger charge is -2.11. The fourth-order valence-corrected chi connectivity index (χ4v) is 2.19. The number of aryl methyl sites for hydroxylation is 1. The van der Waals surface area contributed by atoms with Gasteiger partial charge in [-0.25, -0.2) is 4.79 Å². The first-order valence-corrected chi connectivity index (χ1v) is 8.51. The van der Waals surface area contributed by atoms with Crippen molar-refractivity contribution in [1.82, 2.24) is 0 Å². The van der Waals surface area contributed by atoms with E-state index in [0.717, 1.165) is 6.42 Å². The van der Waals surface area contributed by atoms with Crippen LogP contribution in [0.1, 0.15) is 19.4 Å². The summed E-state index contributed by atoms with van der Waals surface area (Å²) in [6.45, 7) is 3.74. The van der Waals surface area contributed by atoms with Crippen LogP contribution in [-0.4, -0.2) is 31.7 Å². The Bertz CT molecular complexity index is 727. The van der Waals surface area contributed by atoms with Gasteiger partial charge in [0.15, 0.2) is 24.7 Å². The highest BCUT2D eigenvalue weighted by Gasteiger charge is 2.11. The maximum atomic E-state index is 11.8. The van der Waals surface area contributed by atoms with E-state index in [9.17, 15) is 9.59 Å². The van der Waals surface area contributed by atoms with E-state index in [-0.39, 0.29) is 13.2 Å². The van der Waals surface area contributed by atoms with Gasteiger partial charge in [0.25, 0.3) is 5.91 Å². The number of anilines is 1. The number of para-hydroxylation sites is 2. The van der Waals surface area contributed by atoms with Crippen molar-refractivity contribution < 1.29 is 23.8 Å². The molecule has 0 aliphatic heterocycles. The summed E-state index contributed by atoms with van der Waals surface area (Å²) < 4.78 is 15.7. The molecule has 0 atom stereocenters. The summed E-state index contributed by atoms with van der Waals surface area (Å²) in [6, 6.07) is 14.5. The van der Waals surface area contributed by atoms with Gasteiger partial charge >= 0.3 is 5.97 Å². The minimum atomic E-state index is -0.632. The van der Waals surface area contributed by atoms with Gasteiger partial charge in [0.1, 0.15) is 0 Å². The van der Waals surface area contributed by atoms with Crippen molar-refractivity contribution in [3.05, 3.63) is 54.1 Å². The number of nitrogens with one attached hydrogen (secondary N) is 1. The Labute approximate surface area is 153 Å². The van der Waals surface area contributed by atoms with Gasteiger partial charge in [0.2, 0.25) is 0 Å². The maximum absolute atomic E-state index is 11.8. The number of amides is 1. The number of esters is 1. The average molecular weight is 357 g/mol. The zero-order chi connectivity index (χ0) is 18.8. The molecule has 0 bridgehead atoms. The van der Waals surface area contributed by atoms with Gasteiger partial charge in [0.05, 0.1) is 6.61 Å². The van der Waals surface area contributed by atoms with E-state index in [4.69, 9.17) is 14.2 Å². The lowest BCUT2D eigenvalue weighted by atomic mass is 10.1. The number of ether oxygens (including phenoxy) is 3. The molecular weight excluding hydrogens is 334 g/mol. The van der Waals surface area contributed by atoms with E-state index >= 15 is 0 Å². The van der Waals surface area contributed by atoms with Crippen molar-refractivity contribution in [1.29, 1.82) is 0 Å². The molecule has 0 spiro atoms. The monoisotopic (exact) mass is 357 g/mol. The number of hydrogen-bond donors (Lipinski definition) is 1. The second-order valence-electron chi connectivity index (χ2n) is 5.43. The number of hydrogen-bond acceptors (Lipinski definition) is 5. The van der Waals surface area contributed by atoms with E-state index in [1.54, 1.807) is 18.2 Å². The molecule has 6 nitrogen and oxygen atoms in total. The Balaban J connectivity index is 1.75. The van der Waals surface area contributed by atoms with Crippen molar-refractivity contribution in [2.24, 2.45) is 0 Å². The highest BCUT2D eigenvalue weighted by Crippen LogP contribution is 2.26. The molecule has 0 aliphatic rings. The average Bonchev–Trinajstić information content (AvgIpc) is 2.66. The number of carbonyl (C=O) groups is 2. The minimum Gasteiger partial charge on any atom is -0.490 e. The SMILES string of the molecule is CCOc1ccccc1OCC(=O)OCC(=O)Nc1ccc(CC)cc1. The minimum absolute atomic E-state index is 0.303. The van der Waals surface area contributed by atoms with E-state index < -0.39 is 11.9 Å². The Morgan fingerprint density at radius 3 is 2.15 bits per heavy atom. The number of carbonyl (C=O) groups excluding carboxylic acids is 2. The first-order valence-electron chi connectivity index (χ1n) is 8.51. The van der Waals surface area contributed by atoms with Crippen molar-refractivity contribution >= 4 is 17.6 Å². The molecule has 26 heavy (non-hydrogen) atoms. The maximum Gasteiger partial charge on any atom is 0.344 e. The van der Waals surface area contributed by atoms with Crippen LogP contribution < -0.4 is 14.8 Å². The summed E-state index contributed by atoms with van der Waals surface area (Å²) in [5.74, 6) is -0.0343. The van der Waals surface area contributed by atoms with Crippen LogP contribution in [0.2, 0.25) is 0 Å². The molecule has 0 heterocycles. The van der Waals surface area contributed by atoms with Crippen molar-refractivity contribution in [3.8, 4) is 11.5 Å². The summed E-state index contributed by atoms with van der Waals surface area (Å²) in [5, 5.41) is 2.67. The van der Waals surface area contributed by atoms with Gasteiger partial charge in [-0.2, -0.15) is 0 Å². The van der Waals surface area contributed by atoms with Crippen molar-refractivity contribution in [2.45, 2.75) is 20.3 Å². The van der Waals surface area contributed by atoms with Crippen LogP contribution in [0.4, 0.5) is 5.69 Å². The predicted molar refractivity (Wildman–Crippen MR) is 98.5 cm³/mol. The van der Waals surface area contributed by atoms with E-state index in [1.807, 2.05) is 37.3 Å². The Hall–Kier alpha value is -3.02. The van der Waals surface area contributed by atoms with Crippen LogP contribution in [0.5, 0.6) is 11.5 Å². The van der Waals surface area contributed by atoms with Gasteiger partial charge in [0, 0.05) is 5.69 Å². The number of benzene rings is 2. The molecule has 6 heteroatoms. The van der Waals surface area contributed by atoms with Gasteiger partial charge in [-0.3, -0.25) is 4.79 Å². The fraction of sp³-hybridized carbons (Fsp3) is 0.300. The first kappa shape index (κ1) is 19.3. The van der Waals surface area contributed by atoms with E-state index in [1.165, 1.54) is 5.56 Å². The van der Waals surface area contributed by atoms with Crippen LogP contribution in [0, 0.1) is 0 Å². The molecule has 1 amide bonds. The Morgan fingerprint density at radius 2 is 1.54 bits per heavy atom. The van der Waals surface area contributed by atoms with Gasteiger partial charge in [-0.05, 0) is 43.2 Å². The first-order chi connectivity index (χ1) is 12.6. The molecule has 0 aliphatic carbocycles. The summed E-state index contributed by atoms with van der Waals surface area (Å²) in [7, 11) is 0. The van der Waals surface area contributed by atoms with Crippen LogP contribution in [0.15, 0.2) is 48.5 Å². The zero-order valence-corrected chi connectivity index (χ0v) is 15.0. The van der Waals surface area contributed by atoms with Gasteiger partial charge < -0.3 is 19.5 Å². The quantitative estimate of drug-likeness (QED) is 0.698. The van der Waals surface area contributed by atoms with Crippen LogP contribution in [-0.2, 0) is 20.7 Å². The Morgan fingerprint density at radius 1 is 0.885 bits per heavy atom. The van der Waals surface area contributed by atoms with E-state index in [2.05, 4.69) is 12.2 Å². The summed E-state index contributed by atoms with van der Waals surface area (Å²) in [6.07, 6.45) is 0.929. The van der Waals surface area contributed by atoms with Crippen LogP contribution >= 0.6 is 0 Å². The smallest absolute Gasteiger partial charge is 0.344 e. The fourth-order valence-electron chi connectivity index (χ4n) is 2.19.